The molecule has 0 aromatic carbocycles. The van der Waals surface area contributed by atoms with Crippen LogP contribution in [0.2, 0.25) is 0 Å². The van der Waals surface area contributed by atoms with Gasteiger partial charge in [0.15, 0.2) is 0 Å². The first kappa shape index (κ1) is 14.1. The Kier molecular flexibility index (Phi) is 4.67. The molecule has 1 rings (SSSR count). The lowest BCUT2D eigenvalue weighted by Crippen LogP contribution is -2.25. The number of rotatable bonds is 6. The smallest absolute Gasteiger partial charge is 0.303 e. The molecule has 7 heteroatoms. The maximum absolute atomic E-state index is 11.9. The monoisotopic (exact) mass is 277 g/mol. The molecule has 96 valence electrons. The molecule has 17 heavy (non-hydrogen) atoms. The van der Waals surface area contributed by atoms with Crippen molar-refractivity contribution in [3.63, 3.8) is 0 Å². The highest BCUT2D eigenvalue weighted by molar-refractivity contribution is 7.91. The van der Waals surface area contributed by atoms with Gasteiger partial charge in [0.2, 0.25) is 10.0 Å². The van der Waals surface area contributed by atoms with Crippen LogP contribution in [0.15, 0.2) is 10.3 Å². The summed E-state index contributed by atoms with van der Waals surface area (Å²) in [7, 11) is -3.49. The van der Waals surface area contributed by atoms with Crippen LogP contribution in [0.1, 0.15) is 23.3 Å². The molecule has 1 heterocycles. The minimum absolute atomic E-state index is 0.0367. The summed E-state index contributed by atoms with van der Waals surface area (Å²) in [5, 5.41) is 8.43. The van der Waals surface area contributed by atoms with E-state index in [9.17, 15) is 13.2 Å². The number of sulfonamides is 1. The van der Waals surface area contributed by atoms with E-state index in [0.29, 0.717) is 4.21 Å². The fraction of sp³-hybridized carbons (Fsp3) is 0.500. The third-order valence-electron chi connectivity index (χ3n) is 2.10. The Morgan fingerprint density at radius 2 is 2.12 bits per heavy atom. The molecule has 0 atom stereocenters. The molecule has 0 spiro atoms. The highest BCUT2D eigenvalue weighted by Crippen LogP contribution is 2.25. The number of carboxylic acids is 1. The Hall–Kier alpha value is -0.920. The summed E-state index contributed by atoms with van der Waals surface area (Å²) in [5.41, 5.74) is 0.721. The molecular formula is C10H15NO4S2. The normalized spacial score (nSPS) is 11.6. The SMILES string of the molecule is Cc1cc(C)c(S(=O)(=O)NCCCC(=O)O)s1. The highest BCUT2D eigenvalue weighted by Gasteiger charge is 2.18. The van der Waals surface area contributed by atoms with E-state index in [1.54, 1.807) is 6.92 Å². The maximum Gasteiger partial charge on any atom is 0.303 e. The van der Waals surface area contributed by atoms with Crippen molar-refractivity contribution < 1.29 is 18.3 Å². The molecule has 0 aliphatic rings. The number of thiophene rings is 1. The van der Waals surface area contributed by atoms with E-state index in [4.69, 9.17) is 5.11 Å². The zero-order chi connectivity index (χ0) is 13.1. The molecule has 0 saturated carbocycles. The number of carboxylic acid groups (broad SMARTS) is 1. The van der Waals surface area contributed by atoms with Crippen molar-refractivity contribution in [2.75, 3.05) is 6.54 Å². The number of aryl methyl sites for hydroxylation is 2. The van der Waals surface area contributed by atoms with Crippen molar-refractivity contribution in [2.45, 2.75) is 30.9 Å². The van der Waals surface area contributed by atoms with Gasteiger partial charge in [0.05, 0.1) is 0 Å². The summed E-state index contributed by atoms with van der Waals surface area (Å²) in [4.78, 5) is 11.2. The second-order valence-electron chi connectivity index (χ2n) is 3.72. The Balaban J connectivity index is 2.63. The van der Waals surface area contributed by atoms with Crippen LogP contribution < -0.4 is 4.72 Å². The number of hydrogen-bond donors (Lipinski definition) is 2. The van der Waals surface area contributed by atoms with E-state index in [0.717, 1.165) is 10.4 Å². The molecule has 0 unspecified atom stereocenters. The summed E-state index contributed by atoms with van der Waals surface area (Å²) in [6, 6.07) is 1.82. The van der Waals surface area contributed by atoms with Gasteiger partial charge in [0, 0.05) is 17.8 Å². The Morgan fingerprint density at radius 1 is 1.47 bits per heavy atom. The van der Waals surface area contributed by atoms with Gasteiger partial charge in [-0.1, -0.05) is 0 Å². The van der Waals surface area contributed by atoms with E-state index in [-0.39, 0.29) is 19.4 Å². The minimum atomic E-state index is -3.49. The first-order valence-electron chi connectivity index (χ1n) is 5.11. The van der Waals surface area contributed by atoms with E-state index < -0.39 is 16.0 Å². The Morgan fingerprint density at radius 3 is 2.59 bits per heavy atom. The molecular weight excluding hydrogens is 262 g/mol. The molecule has 0 aliphatic heterocycles. The quantitative estimate of drug-likeness (QED) is 0.772. The molecule has 2 N–H and O–H groups in total. The molecule has 1 aromatic heterocycles. The van der Waals surface area contributed by atoms with Crippen molar-refractivity contribution in [1.29, 1.82) is 0 Å². The van der Waals surface area contributed by atoms with Gasteiger partial charge < -0.3 is 5.11 Å². The first-order valence-corrected chi connectivity index (χ1v) is 7.41. The van der Waals surface area contributed by atoms with Gasteiger partial charge >= 0.3 is 5.97 Å². The van der Waals surface area contributed by atoms with Crippen LogP contribution in [0.3, 0.4) is 0 Å². The topological polar surface area (TPSA) is 83.5 Å². The maximum atomic E-state index is 11.9. The van der Waals surface area contributed by atoms with Gasteiger partial charge in [-0.05, 0) is 31.9 Å². The van der Waals surface area contributed by atoms with Crippen LogP contribution in [0.4, 0.5) is 0 Å². The fourth-order valence-electron chi connectivity index (χ4n) is 1.40. The summed E-state index contributed by atoms with van der Waals surface area (Å²) in [6.45, 7) is 3.74. The summed E-state index contributed by atoms with van der Waals surface area (Å²) in [5.74, 6) is -0.924. The molecule has 0 bridgehead atoms. The molecule has 0 radical (unpaired) electrons. The van der Waals surface area contributed by atoms with Crippen molar-refractivity contribution in [3.8, 4) is 0 Å². The lowest BCUT2D eigenvalue weighted by molar-refractivity contribution is -0.137. The van der Waals surface area contributed by atoms with Gasteiger partial charge in [0.25, 0.3) is 0 Å². The average molecular weight is 277 g/mol. The van der Waals surface area contributed by atoms with Gasteiger partial charge in [-0.2, -0.15) is 0 Å². The van der Waals surface area contributed by atoms with Crippen LogP contribution in [0.25, 0.3) is 0 Å². The van der Waals surface area contributed by atoms with Gasteiger partial charge in [-0.15, -0.1) is 11.3 Å². The fourth-order valence-corrected chi connectivity index (χ4v) is 4.18. The van der Waals surface area contributed by atoms with Gasteiger partial charge in [0.1, 0.15) is 4.21 Å². The summed E-state index contributed by atoms with van der Waals surface area (Å²) in [6.07, 6.45) is 0.253. The van der Waals surface area contributed by atoms with Crippen molar-refractivity contribution in [1.82, 2.24) is 4.72 Å². The standard InChI is InChI=1S/C10H15NO4S2/c1-7-6-8(2)16-10(7)17(14,15)11-5-3-4-9(12)13/h6,11H,3-5H2,1-2H3,(H,12,13). The predicted octanol–water partition coefficient (Wildman–Crippen LogP) is 1.51. The first-order chi connectivity index (χ1) is 7.83. The van der Waals surface area contributed by atoms with E-state index in [1.807, 2.05) is 13.0 Å². The Bertz CT molecular complexity index is 504. The minimum Gasteiger partial charge on any atom is -0.481 e. The van der Waals surface area contributed by atoms with E-state index >= 15 is 0 Å². The summed E-state index contributed by atoms with van der Waals surface area (Å²) < 4.78 is 26.4. The number of carbonyl (C=O) groups is 1. The third-order valence-corrected chi connectivity index (χ3v) is 5.35. The Labute approximate surface area is 105 Å². The van der Waals surface area contributed by atoms with Crippen LogP contribution in [0.5, 0.6) is 0 Å². The molecule has 1 aromatic rings. The van der Waals surface area contributed by atoms with Gasteiger partial charge in [-0.25, -0.2) is 13.1 Å². The predicted molar refractivity (Wildman–Crippen MR) is 65.9 cm³/mol. The zero-order valence-electron chi connectivity index (χ0n) is 9.69. The average Bonchev–Trinajstić information content (AvgIpc) is 2.53. The van der Waals surface area contributed by atoms with Crippen LogP contribution in [-0.2, 0) is 14.8 Å². The van der Waals surface area contributed by atoms with Crippen molar-refractivity contribution in [3.05, 3.63) is 16.5 Å². The zero-order valence-corrected chi connectivity index (χ0v) is 11.3. The molecule has 0 amide bonds. The highest BCUT2D eigenvalue weighted by atomic mass is 32.2. The number of hydrogen-bond acceptors (Lipinski definition) is 4. The lowest BCUT2D eigenvalue weighted by Gasteiger charge is -2.04. The molecule has 5 nitrogen and oxygen atoms in total. The van der Waals surface area contributed by atoms with E-state index in [2.05, 4.69) is 4.72 Å². The van der Waals surface area contributed by atoms with E-state index in [1.165, 1.54) is 11.3 Å². The second kappa shape index (κ2) is 5.61. The largest absolute Gasteiger partial charge is 0.481 e. The number of nitrogens with one attached hydrogen (secondary N) is 1. The van der Waals surface area contributed by atoms with Crippen LogP contribution in [0, 0.1) is 13.8 Å². The molecule has 0 fully saturated rings. The van der Waals surface area contributed by atoms with Crippen LogP contribution >= 0.6 is 11.3 Å². The van der Waals surface area contributed by atoms with Crippen molar-refractivity contribution in [2.24, 2.45) is 0 Å². The summed E-state index contributed by atoms with van der Waals surface area (Å²) >= 11 is 1.22. The third kappa shape index (κ3) is 4.10. The molecule has 0 saturated heterocycles. The number of aliphatic carboxylic acids is 1. The van der Waals surface area contributed by atoms with Crippen molar-refractivity contribution >= 4 is 27.3 Å². The lowest BCUT2D eigenvalue weighted by atomic mass is 10.3. The van der Waals surface area contributed by atoms with Crippen LogP contribution in [-0.4, -0.2) is 26.0 Å². The van der Waals surface area contributed by atoms with Gasteiger partial charge in [-0.3, -0.25) is 4.79 Å². The second-order valence-corrected chi connectivity index (χ2v) is 6.94. The molecule has 0 aliphatic carbocycles.